The first-order valence-corrected chi connectivity index (χ1v) is 6.27. The van der Waals surface area contributed by atoms with Crippen molar-refractivity contribution in [3.8, 4) is 0 Å². The van der Waals surface area contributed by atoms with E-state index in [4.69, 9.17) is 0 Å². The zero-order chi connectivity index (χ0) is 13.2. The van der Waals surface area contributed by atoms with Gasteiger partial charge < -0.3 is 0 Å². The van der Waals surface area contributed by atoms with Crippen LogP contribution in [0.2, 0.25) is 0 Å². The van der Waals surface area contributed by atoms with Gasteiger partial charge in [0, 0.05) is 37.8 Å². The summed E-state index contributed by atoms with van der Waals surface area (Å²) < 4.78 is 37.7. The van der Waals surface area contributed by atoms with Gasteiger partial charge in [0.05, 0.1) is 6.42 Å². The predicted octanol–water partition coefficient (Wildman–Crippen LogP) is 2.74. The molecule has 1 fully saturated rings. The maximum atomic E-state index is 12.6. The van der Waals surface area contributed by atoms with E-state index in [9.17, 15) is 13.2 Å². The molecule has 0 bridgehead atoms. The molecule has 0 N–H and O–H groups in total. The third-order valence-corrected chi connectivity index (χ3v) is 3.42. The molecule has 1 heterocycles. The van der Waals surface area contributed by atoms with E-state index in [1.807, 2.05) is 32.6 Å². The fourth-order valence-electron chi connectivity index (χ4n) is 2.49. The van der Waals surface area contributed by atoms with Gasteiger partial charge in [0.25, 0.3) is 0 Å². The van der Waals surface area contributed by atoms with E-state index in [1.54, 1.807) is 0 Å². The zero-order valence-electron chi connectivity index (χ0n) is 11.1. The van der Waals surface area contributed by atoms with Crippen molar-refractivity contribution >= 4 is 0 Å². The third kappa shape index (κ3) is 4.47. The van der Waals surface area contributed by atoms with Crippen molar-refractivity contribution in [2.45, 2.75) is 58.4 Å². The second kappa shape index (κ2) is 5.57. The van der Waals surface area contributed by atoms with Crippen LogP contribution in [0.25, 0.3) is 0 Å². The summed E-state index contributed by atoms with van der Waals surface area (Å²) in [4.78, 5) is 4.11. The van der Waals surface area contributed by atoms with Gasteiger partial charge in [-0.15, -0.1) is 0 Å². The van der Waals surface area contributed by atoms with E-state index in [1.165, 1.54) is 0 Å². The van der Waals surface area contributed by atoms with Crippen molar-refractivity contribution in [1.29, 1.82) is 0 Å². The van der Waals surface area contributed by atoms with E-state index in [2.05, 4.69) is 4.90 Å². The van der Waals surface area contributed by atoms with E-state index in [0.29, 0.717) is 12.6 Å². The largest absolute Gasteiger partial charge is 0.390 e. The van der Waals surface area contributed by atoms with Gasteiger partial charge >= 0.3 is 6.18 Å². The molecule has 17 heavy (non-hydrogen) atoms. The molecule has 0 radical (unpaired) electrons. The Balaban J connectivity index is 2.69. The van der Waals surface area contributed by atoms with Crippen LogP contribution in [0.4, 0.5) is 13.2 Å². The summed E-state index contributed by atoms with van der Waals surface area (Å²) in [5.41, 5.74) is 0. The van der Waals surface area contributed by atoms with Crippen LogP contribution < -0.4 is 0 Å². The monoisotopic (exact) mass is 252 g/mol. The second-order valence-electron chi connectivity index (χ2n) is 5.39. The summed E-state index contributed by atoms with van der Waals surface area (Å²) in [6.07, 6.45) is -4.77. The van der Waals surface area contributed by atoms with Gasteiger partial charge in [-0.3, -0.25) is 9.80 Å². The fraction of sp³-hybridized carbons (Fsp3) is 1.00. The molecular weight excluding hydrogens is 229 g/mol. The molecule has 0 spiro atoms. The lowest BCUT2D eigenvalue weighted by Gasteiger charge is -2.45. The van der Waals surface area contributed by atoms with Crippen LogP contribution in [0, 0.1) is 0 Å². The highest BCUT2D eigenvalue weighted by atomic mass is 19.4. The Morgan fingerprint density at radius 3 is 2.06 bits per heavy atom. The van der Waals surface area contributed by atoms with Crippen LogP contribution in [0.5, 0.6) is 0 Å². The van der Waals surface area contributed by atoms with Gasteiger partial charge in [-0.2, -0.15) is 13.2 Å². The molecule has 0 aromatic rings. The number of rotatable bonds is 3. The van der Waals surface area contributed by atoms with E-state index < -0.39 is 18.6 Å². The van der Waals surface area contributed by atoms with Crippen molar-refractivity contribution < 1.29 is 13.2 Å². The molecule has 1 aliphatic heterocycles. The Hall–Kier alpha value is -0.290. The first-order chi connectivity index (χ1) is 7.70. The van der Waals surface area contributed by atoms with Crippen molar-refractivity contribution in [2.75, 3.05) is 19.6 Å². The highest BCUT2D eigenvalue weighted by Gasteiger charge is 2.38. The molecule has 0 aliphatic carbocycles. The Morgan fingerprint density at radius 2 is 1.65 bits per heavy atom. The average molecular weight is 252 g/mol. The number of halogens is 3. The van der Waals surface area contributed by atoms with Gasteiger partial charge in [0.1, 0.15) is 0 Å². The number of hydrogen-bond donors (Lipinski definition) is 0. The summed E-state index contributed by atoms with van der Waals surface area (Å²) >= 11 is 0. The lowest BCUT2D eigenvalue weighted by molar-refractivity contribution is -0.155. The quantitative estimate of drug-likeness (QED) is 0.762. The molecule has 0 amide bonds. The van der Waals surface area contributed by atoms with Gasteiger partial charge in [0.15, 0.2) is 0 Å². The SMILES string of the molecule is CC(C)N1CCN(C(C)C)[C@H](CC(F)(F)F)C1. The third-order valence-electron chi connectivity index (χ3n) is 3.42. The predicted molar refractivity (Wildman–Crippen MR) is 63.0 cm³/mol. The second-order valence-corrected chi connectivity index (χ2v) is 5.39. The number of piperazine rings is 1. The molecule has 1 aliphatic rings. The van der Waals surface area contributed by atoms with Crippen molar-refractivity contribution in [1.82, 2.24) is 9.80 Å². The fourth-order valence-corrected chi connectivity index (χ4v) is 2.49. The minimum absolute atomic E-state index is 0.177. The van der Waals surface area contributed by atoms with Gasteiger partial charge in [-0.1, -0.05) is 0 Å². The molecule has 0 aromatic carbocycles. The van der Waals surface area contributed by atoms with E-state index in [-0.39, 0.29) is 6.04 Å². The van der Waals surface area contributed by atoms with Crippen LogP contribution >= 0.6 is 0 Å². The lowest BCUT2D eigenvalue weighted by Crippen LogP contribution is -2.57. The number of hydrogen-bond acceptors (Lipinski definition) is 2. The van der Waals surface area contributed by atoms with E-state index >= 15 is 0 Å². The summed E-state index contributed by atoms with van der Waals surface area (Å²) in [6.45, 7) is 10.1. The normalized spacial score (nSPS) is 24.9. The molecule has 0 unspecified atom stereocenters. The Bertz CT molecular complexity index is 238. The molecule has 1 atom stereocenters. The van der Waals surface area contributed by atoms with Crippen LogP contribution in [-0.2, 0) is 0 Å². The summed E-state index contributed by atoms with van der Waals surface area (Å²) in [7, 11) is 0. The minimum Gasteiger partial charge on any atom is -0.298 e. The van der Waals surface area contributed by atoms with Crippen LogP contribution in [0.3, 0.4) is 0 Å². The molecule has 0 saturated carbocycles. The van der Waals surface area contributed by atoms with Crippen LogP contribution in [-0.4, -0.2) is 53.7 Å². The maximum absolute atomic E-state index is 12.6. The molecule has 102 valence electrons. The maximum Gasteiger partial charge on any atom is 0.390 e. The average Bonchev–Trinajstić information content (AvgIpc) is 2.14. The Labute approximate surface area is 102 Å². The number of nitrogens with zero attached hydrogens (tertiary/aromatic N) is 2. The van der Waals surface area contributed by atoms with Crippen molar-refractivity contribution in [3.05, 3.63) is 0 Å². The molecular formula is C12H23F3N2. The van der Waals surface area contributed by atoms with E-state index in [0.717, 1.165) is 13.1 Å². The number of alkyl halides is 3. The van der Waals surface area contributed by atoms with Crippen molar-refractivity contribution in [2.24, 2.45) is 0 Å². The van der Waals surface area contributed by atoms with Gasteiger partial charge in [0.2, 0.25) is 0 Å². The highest BCUT2D eigenvalue weighted by Crippen LogP contribution is 2.27. The smallest absolute Gasteiger partial charge is 0.298 e. The van der Waals surface area contributed by atoms with Gasteiger partial charge in [-0.25, -0.2) is 0 Å². The molecule has 1 rings (SSSR count). The summed E-state index contributed by atoms with van der Waals surface area (Å²) in [6, 6.07) is 0.0999. The minimum atomic E-state index is -4.07. The molecule has 5 heteroatoms. The Kier molecular flexibility index (Phi) is 4.84. The highest BCUT2D eigenvalue weighted by molar-refractivity contribution is 4.86. The first kappa shape index (κ1) is 14.8. The molecule has 2 nitrogen and oxygen atoms in total. The first-order valence-electron chi connectivity index (χ1n) is 6.27. The zero-order valence-corrected chi connectivity index (χ0v) is 11.1. The summed E-state index contributed by atoms with van der Waals surface area (Å²) in [5.74, 6) is 0. The van der Waals surface area contributed by atoms with Crippen molar-refractivity contribution in [3.63, 3.8) is 0 Å². The lowest BCUT2D eigenvalue weighted by atomic mass is 10.0. The molecule has 0 aromatic heterocycles. The molecule has 1 saturated heterocycles. The van der Waals surface area contributed by atoms with Gasteiger partial charge in [-0.05, 0) is 27.7 Å². The Morgan fingerprint density at radius 1 is 1.06 bits per heavy atom. The van der Waals surface area contributed by atoms with Crippen LogP contribution in [0.15, 0.2) is 0 Å². The summed E-state index contributed by atoms with van der Waals surface area (Å²) in [5, 5.41) is 0. The topological polar surface area (TPSA) is 6.48 Å². The standard InChI is InChI=1S/C12H23F3N2/c1-9(2)16-5-6-17(10(3)4)11(8-16)7-12(13,14)15/h9-11H,5-8H2,1-4H3/t11-/m1/s1. The van der Waals surface area contributed by atoms with Crippen LogP contribution in [0.1, 0.15) is 34.1 Å².